The number of benzene rings is 1. The quantitative estimate of drug-likeness (QED) is 0.670. The summed E-state index contributed by atoms with van der Waals surface area (Å²) in [5.41, 5.74) is 2.29. The fourth-order valence-electron chi connectivity index (χ4n) is 3.71. The number of rotatable bonds is 5. The molecule has 3 aromatic rings. The van der Waals surface area contributed by atoms with Gasteiger partial charge in [-0.1, -0.05) is 12.1 Å². The van der Waals surface area contributed by atoms with E-state index in [1.54, 1.807) is 17.4 Å². The average Bonchev–Trinajstić information content (AvgIpc) is 3.34. The minimum Gasteiger partial charge on any atom is -0.440 e. The molecule has 0 radical (unpaired) electrons. The third kappa shape index (κ3) is 4.50. The molecule has 1 aliphatic rings. The van der Waals surface area contributed by atoms with E-state index in [9.17, 15) is 9.18 Å². The lowest BCUT2D eigenvalue weighted by atomic mass is 10.0. The number of hydrogen-bond donors (Lipinski definition) is 1. The van der Waals surface area contributed by atoms with E-state index in [1.807, 2.05) is 42.3 Å². The summed E-state index contributed by atoms with van der Waals surface area (Å²) in [4.78, 5) is 20.1. The Labute approximate surface area is 173 Å². The highest BCUT2D eigenvalue weighted by Crippen LogP contribution is 2.27. The van der Waals surface area contributed by atoms with Crippen LogP contribution in [0.2, 0.25) is 0 Å². The summed E-state index contributed by atoms with van der Waals surface area (Å²) in [5.74, 6) is 0.910. The van der Waals surface area contributed by atoms with Crippen molar-refractivity contribution in [2.45, 2.75) is 39.2 Å². The molecule has 5 nitrogen and oxygen atoms in total. The van der Waals surface area contributed by atoms with Gasteiger partial charge in [0.05, 0.1) is 22.7 Å². The van der Waals surface area contributed by atoms with Gasteiger partial charge in [0, 0.05) is 19.1 Å². The number of oxazole rings is 1. The number of halogens is 1. The number of piperidine rings is 1. The summed E-state index contributed by atoms with van der Waals surface area (Å²) < 4.78 is 20.0. The van der Waals surface area contributed by atoms with Gasteiger partial charge in [0.15, 0.2) is 0 Å². The van der Waals surface area contributed by atoms with E-state index < -0.39 is 0 Å². The molecule has 1 amide bonds. The van der Waals surface area contributed by atoms with Crippen LogP contribution < -0.4 is 10.2 Å². The van der Waals surface area contributed by atoms with Crippen molar-refractivity contribution in [3.8, 4) is 10.8 Å². The summed E-state index contributed by atoms with van der Waals surface area (Å²) in [7, 11) is 0. The normalized spacial score (nSPS) is 16.8. The minimum atomic E-state index is -0.220. The highest BCUT2D eigenvalue weighted by Gasteiger charge is 2.24. The largest absolute Gasteiger partial charge is 0.440 e. The molecule has 1 unspecified atom stereocenters. The smallest absolute Gasteiger partial charge is 0.236 e. The van der Waals surface area contributed by atoms with Gasteiger partial charge in [-0.15, -0.1) is 11.3 Å². The lowest BCUT2D eigenvalue weighted by molar-refractivity contribution is -0.121. The van der Waals surface area contributed by atoms with E-state index >= 15 is 0 Å². The van der Waals surface area contributed by atoms with Crippen LogP contribution in [0.25, 0.3) is 10.8 Å². The predicted molar refractivity (Wildman–Crippen MR) is 113 cm³/mol. The Hall–Kier alpha value is -2.67. The van der Waals surface area contributed by atoms with Crippen molar-refractivity contribution in [1.29, 1.82) is 0 Å². The lowest BCUT2D eigenvalue weighted by Crippen LogP contribution is -2.48. The van der Waals surface area contributed by atoms with Crippen molar-refractivity contribution in [2.75, 3.05) is 18.0 Å². The van der Waals surface area contributed by atoms with Gasteiger partial charge < -0.3 is 14.6 Å². The van der Waals surface area contributed by atoms with Crippen molar-refractivity contribution in [3.63, 3.8) is 0 Å². The van der Waals surface area contributed by atoms with Gasteiger partial charge in [0.2, 0.25) is 11.8 Å². The number of carbonyl (C=O) groups excluding carboxylic acids is 1. The summed E-state index contributed by atoms with van der Waals surface area (Å²) in [5, 5.41) is 5.06. The van der Waals surface area contributed by atoms with Crippen LogP contribution in [-0.2, 0) is 11.2 Å². The van der Waals surface area contributed by atoms with E-state index in [0.717, 1.165) is 29.8 Å². The standard InChI is InChI=1S/C22H24FN3O2S/c1-14-7-8-17(23)19(11-14)26-9-3-5-16(13-26)24-21(27)12-18-15(2)28-22(25-18)20-6-4-10-29-20/h4,6-8,10-11,16H,3,5,9,12-13H2,1-2H3,(H,24,27). The number of aryl methyl sites for hydroxylation is 2. The Morgan fingerprint density at radius 2 is 2.24 bits per heavy atom. The predicted octanol–water partition coefficient (Wildman–Crippen LogP) is 4.49. The van der Waals surface area contributed by atoms with Crippen molar-refractivity contribution >= 4 is 22.9 Å². The molecule has 1 fully saturated rings. The van der Waals surface area contributed by atoms with E-state index in [4.69, 9.17) is 4.42 Å². The van der Waals surface area contributed by atoms with Crippen molar-refractivity contribution in [2.24, 2.45) is 0 Å². The SMILES string of the molecule is Cc1ccc(F)c(N2CCCC(NC(=O)Cc3nc(-c4cccs4)oc3C)C2)c1. The third-order valence-corrected chi connectivity index (χ3v) is 6.04. The van der Waals surface area contributed by atoms with Gasteiger partial charge in [-0.3, -0.25) is 4.79 Å². The van der Waals surface area contributed by atoms with Gasteiger partial charge in [0.25, 0.3) is 0 Å². The molecule has 4 rings (SSSR count). The first kappa shape index (κ1) is 19.6. The van der Waals surface area contributed by atoms with Crippen molar-refractivity contribution in [1.82, 2.24) is 10.3 Å². The molecule has 1 aliphatic heterocycles. The Morgan fingerprint density at radius 3 is 3.03 bits per heavy atom. The molecule has 7 heteroatoms. The summed E-state index contributed by atoms with van der Waals surface area (Å²) in [6, 6.07) is 9.02. The Morgan fingerprint density at radius 1 is 1.38 bits per heavy atom. The number of amides is 1. The Kier molecular flexibility index (Phi) is 5.67. The third-order valence-electron chi connectivity index (χ3n) is 5.18. The second-order valence-corrected chi connectivity index (χ2v) is 8.43. The molecule has 2 aromatic heterocycles. The van der Waals surface area contributed by atoms with Gasteiger partial charge in [0.1, 0.15) is 11.6 Å². The number of thiophene rings is 1. The molecular weight excluding hydrogens is 389 g/mol. The molecule has 1 aromatic carbocycles. The molecule has 0 spiro atoms. The Balaban J connectivity index is 1.39. The second kappa shape index (κ2) is 8.37. The zero-order chi connectivity index (χ0) is 20.4. The minimum absolute atomic E-state index is 0.0138. The van der Waals surface area contributed by atoms with Gasteiger partial charge >= 0.3 is 0 Å². The van der Waals surface area contributed by atoms with E-state index in [0.29, 0.717) is 29.6 Å². The summed E-state index contributed by atoms with van der Waals surface area (Å²) in [6.45, 7) is 5.18. The average molecular weight is 414 g/mol. The molecule has 1 saturated heterocycles. The second-order valence-electron chi connectivity index (χ2n) is 7.48. The number of hydrogen-bond acceptors (Lipinski definition) is 5. The molecule has 0 saturated carbocycles. The first-order valence-corrected chi connectivity index (χ1v) is 10.7. The zero-order valence-corrected chi connectivity index (χ0v) is 17.4. The first-order valence-electron chi connectivity index (χ1n) is 9.80. The molecule has 0 bridgehead atoms. The maximum atomic E-state index is 14.2. The van der Waals surface area contributed by atoms with Crippen molar-refractivity contribution in [3.05, 3.63) is 58.5 Å². The van der Waals surface area contributed by atoms with Crippen LogP contribution in [0.1, 0.15) is 29.9 Å². The zero-order valence-electron chi connectivity index (χ0n) is 16.6. The molecular formula is C22H24FN3O2S. The number of nitrogens with zero attached hydrogens (tertiary/aromatic N) is 2. The van der Waals surface area contributed by atoms with Crippen LogP contribution >= 0.6 is 11.3 Å². The maximum Gasteiger partial charge on any atom is 0.236 e. The van der Waals surface area contributed by atoms with E-state index in [-0.39, 0.29) is 24.2 Å². The highest BCUT2D eigenvalue weighted by molar-refractivity contribution is 7.13. The number of aromatic nitrogens is 1. The first-order chi connectivity index (χ1) is 14.0. The number of anilines is 1. The molecule has 1 atom stereocenters. The Bertz CT molecular complexity index is 1000. The van der Waals surface area contributed by atoms with Crippen LogP contribution in [0.4, 0.5) is 10.1 Å². The van der Waals surface area contributed by atoms with Crippen LogP contribution in [0.3, 0.4) is 0 Å². The molecule has 0 aliphatic carbocycles. The van der Waals surface area contributed by atoms with Crippen LogP contribution in [0, 0.1) is 19.7 Å². The fourth-order valence-corrected chi connectivity index (χ4v) is 4.36. The van der Waals surface area contributed by atoms with Crippen molar-refractivity contribution < 1.29 is 13.6 Å². The number of nitrogens with one attached hydrogen (secondary N) is 1. The summed E-state index contributed by atoms with van der Waals surface area (Å²) >= 11 is 1.55. The number of carbonyl (C=O) groups is 1. The summed E-state index contributed by atoms with van der Waals surface area (Å²) in [6.07, 6.45) is 1.97. The van der Waals surface area contributed by atoms with Gasteiger partial charge in [-0.2, -0.15) is 0 Å². The van der Waals surface area contributed by atoms with Crippen LogP contribution in [-0.4, -0.2) is 30.0 Å². The lowest BCUT2D eigenvalue weighted by Gasteiger charge is -2.35. The monoisotopic (exact) mass is 413 g/mol. The highest BCUT2D eigenvalue weighted by atomic mass is 32.1. The fraction of sp³-hybridized carbons (Fsp3) is 0.364. The molecule has 29 heavy (non-hydrogen) atoms. The van der Waals surface area contributed by atoms with Gasteiger partial charge in [-0.05, 0) is 55.8 Å². The van der Waals surface area contributed by atoms with E-state index in [1.165, 1.54) is 6.07 Å². The molecule has 1 N–H and O–H groups in total. The molecule has 152 valence electrons. The van der Waals surface area contributed by atoms with Crippen LogP contribution in [0.5, 0.6) is 0 Å². The van der Waals surface area contributed by atoms with Crippen LogP contribution in [0.15, 0.2) is 40.1 Å². The topological polar surface area (TPSA) is 58.4 Å². The molecule has 3 heterocycles. The van der Waals surface area contributed by atoms with E-state index in [2.05, 4.69) is 10.3 Å². The van der Waals surface area contributed by atoms with Gasteiger partial charge in [-0.25, -0.2) is 9.37 Å². The maximum absolute atomic E-state index is 14.2.